The number of hydrogen-bond acceptors (Lipinski definition) is 3. The van der Waals surface area contributed by atoms with E-state index in [1.54, 1.807) is 6.07 Å². The van der Waals surface area contributed by atoms with Gasteiger partial charge >= 0.3 is 0 Å². The maximum Gasteiger partial charge on any atom is 0.195 e. The summed E-state index contributed by atoms with van der Waals surface area (Å²) in [5, 5.41) is 10.1. The number of rotatable bonds is 1. The van der Waals surface area contributed by atoms with Gasteiger partial charge in [-0.05, 0) is 31.9 Å². The summed E-state index contributed by atoms with van der Waals surface area (Å²) in [6, 6.07) is 4.69. The first-order valence-corrected chi connectivity index (χ1v) is 6.93. The van der Waals surface area contributed by atoms with Gasteiger partial charge in [0, 0.05) is 17.5 Å². The zero-order chi connectivity index (χ0) is 13.4. The number of phenols is 1. The van der Waals surface area contributed by atoms with E-state index in [0.717, 1.165) is 24.2 Å². The maximum absolute atomic E-state index is 12.4. The van der Waals surface area contributed by atoms with Gasteiger partial charge in [0.25, 0.3) is 0 Å². The van der Waals surface area contributed by atoms with E-state index in [4.69, 9.17) is 4.42 Å². The molecule has 1 aromatic carbocycles. The van der Waals surface area contributed by atoms with Crippen molar-refractivity contribution in [2.75, 3.05) is 0 Å². The molecule has 3 rings (SSSR count). The van der Waals surface area contributed by atoms with Crippen LogP contribution >= 0.6 is 0 Å². The van der Waals surface area contributed by atoms with Gasteiger partial charge in [-0.3, -0.25) is 4.79 Å². The number of phenolic OH excluding ortho intramolecular Hbond substituents is 1. The molecule has 0 aliphatic heterocycles. The molecule has 0 spiro atoms. The molecule has 1 N–H and O–H groups in total. The molecule has 19 heavy (non-hydrogen) atoms. The van der Waals surface area contributed by atoms with Crippen LogP contribution in [0.1, 0.15) is 49.3 Å². The second kappa shape index (κ2) is 4.72. The molecule has 0 bridgehead atoms. The Morgan fingerprint density at radius 2 is 1.95 bits per heavy atom. The highest BCUT2D eigenvalue weighted by molar-refractivity contribution is 5.78. The molecule has 1 saturated carbocycles. The van der Waals surface area contributed by atoms with Crippen LogP contribution in [0, 0.1) is 6.92 Å². The van der Waals surface area contributed by atoms with Gasteiger partial charge in [-0.15, -0.1) is 0 Å². The normalized spacial score (nSPS) is 16.9. The Morgan fingerprint density at radius 1 is 1.21 bits per heavy atom. The van der Waals surface area contributed by atoms with E-state index in [9.17, 15) is 9.90 Å². The molecule has 1 aliphatic rings. The molecule has 1 aromatic heterocycles. The molecule has 0 amide bonds. The summed E-state index contributed by atoms with van der Waals surface area (Å²) in [5.74, 6) is 1.31. The molecule has 1 heterocycles. The molecule has 1 fully saturated rings. The van der Waals surface area contributed by atoms with Gasteiger partial charge < -0.3 is 9.52 Å². The van der Waals surface area contributed by atoms with E-state index < -0.39 is 0 Å². The minimum atomic E-state index is 0.0295. The summed E-state index contributed by atoms with van der Waals surface area (Å²) in [7, 11) is 0. The molecule has 1 aliphatic carbocycles. The minimum Gasteiger partial charge on any atom is -0.508 e. The van der Waals surface area contributed by atoms with Crippen LogP contribution in [0.2, 0.25) is 0 Å². The molecule has 0 atom stereocenters. The van der Waals surface area contributed by atoms with Crippen molar-refractivity contribution >= 4 is 11.0 Å². The van der Waals surface area contributed by atoms with E-state index in [1.165, 1.54) is 31.4 Å². The highest BCUT2D eigenvalue weighted by atomic mass is 16.3. The van der Waals surface area contributed by atoms with Gasteiger partial charge in [-0.2, -0.15) is 0 Å². The van der Waals surface area contributed by atoms with E-state index in [2.05, 4.69) is 0 Å². The largest absolute Gasteiger partial charge is 0.508 e. The zero-order valence-electron chi connectivity index (χ0n) is 11.1. The number of aromatic hydroxyl groups is 1. The lowest BCUT2D eigenvalue weighted by Gasteiger charge is -2.22. The fourth-order valence-corrected chi connectivity index (χ4v) is 3.05. The van der Waals surface area contributed by atoms with E-state index >= 15 is 0 Å². The number of fused-ring (bicyclic) bond motifs is 1. The fraction of sp³-hybridized carbons (Fsp3) is 0.438. The summed E-state index contributed by atoms with van der Waals surface area (Å²) in [6.07, 6.45) is 5.86. The Balaban J connectivity index is 2.19. The first kappa shape index (κ1) is 12.3. The average molecular weight is 258 g/mol. The van der Waals surface area contributed by atoms with Gasteiger partial charge in [0.15, 0.2) is 5.43 Å². The Bertz CT molecular complexity index is 663. The van der Waals surface area contributed by atoms with Crippen LogP contribution in [0.15, 0.2) is 27.4 Å². The predicted octanol–water partition coefficient (Wildman–Crippen LogP) is 3.85. The predicted molar refractivity (Wildman–Crippen MR) is 74.7 cm³/mol. The topological polar surface area (TPSA) is 50.4 Å². The van der Waals surface area contributed by atoms with E-state index in [0.29, 0.717) is 16.9 Å². The molecule has 2 aromatic rings. The van der Waals surface area contributed by atoms with Crippen LogP contribution in [-0.4, -0.2) is 5.11 Å². The van der Waals surface area contributed by atoms with Crippen molar-refractivity contribution in [2.45, 2.75) is 44.9 Å². The van der Waals surface area contributed by atoms with Crippen molar-refractivity contribution in [3.63, 3.8) is 0 Å². The first-order chi connectivity index (χ1) is 9.16. The molecule has 0 radical (unpaired) electrons. The van der Waals surface area contributed by atoms with Gasteiger partial charge in [0.05, 0.1) is 5.39 Å². The maximum atomic E-state index is 12.4. The third kappa shape index (κ3) is 2.14. The lowest BCUT2D eigenvalue weighted by atomic mass is 9.85. The van der Waals surface area contributed by atoms with Crippen molar-refractivity contribution in [3.8, 4) is 5.75 Å². The number of hydrogen-bond donors (Lipinski definition) is 1. The van der Waals surface area contributed by atoms with Gasteiger partial charge in [-0.1, -0.05) is 19.3 Å². The van der Waals surface area contributed by atoms with Gasteiger partial charge in [-0.25, -0.2) is 0 Å². The molecule has 0 unspecified atom stereocenters. The molecule has 3 heteroatoms. The molecular formula is C16H18O3. The SMILES string of the molecule is Cc1c(C2CCCCC2)oc2cc(O)ccc2c1=O. The Hall–Kier alpha value is -1.77. The number of benzene rings is 1. The summed E-state index contributed by atoms with van der Waals surface area (Å²) < 4.78 is 5.93. The summed E-state index contributed by atoms with van der Waals surface area (Å²) in [6.45, 7) is 1.85. The zero-order valence-corrected chi connectivity index (χ0v) is 11.1. The van der Waals surface area contributed by atoms with E-state index in [-0.39, 0.29) is 11.2 Å². The van der Waals surface area contributed by atoms with Crippen molar-refractivity contribution in [3.05, 3.63) is 39.7 Å². The minimum absolute atomic E-state index is 0.0295. The lowest BCUT2D eigenvalue weighted by molar-refractivity contribution is 0.377. The van der Waals surface area contributed by atoms with Crippen LogP contribution in [-0.2, 0) is 0 Å². The smallest absolute Gasteiger partial charge is 0.195 e. The standard InChI is InChI=1S/C16H18O3/c1-10-15(18)13-8-7-12(17)9-14(13)19-16(10)11-5-3-2-4-6-11/h7-9,11,17H,2-6H2,1H3. The lowest BCUT2D eigenvalue weighted by Crippen LogP contribution is -2.14. The van der Waals surface area contributed by atoms with Crippen LogP contribution < -0.4 is 5.43 Å². The Morgan fingerprint density at radius 3 is 2.68 bits per heavy atom. The third-order valence-corrected chi connectivity index (χ3v) is 4.12. The summed E-state index contributed by atoms with van der Waals surface area (Å²) >= 11 is 0. The average Bonchev–Trinajstić information content (AvgIpc) is 2.43. The highest BCUT2D eigenvalue weighted by Crippen LogP contribution is 2.35. The molecular weight excluding hydrogens is 240 g/mol. The molecule has 0 saturated heterocycles. The van der Waals surface area contributed by atoms with Crippen LogP contribution in [0.4, 0.5) is 0 Å². The Labute approximate surface area is 111 Å². The van der Waals surface area contributed by atoms with Crippen molar-refractivity contribution in [1.82, 2.24) is 0 Å². The monoisotopic (exact) mass is 258 g/mol. The van der Waals surface area contributed by atoms with Gasteiger partial charge in [0.1, 0.15) is 17.1 Å². The third-order valence-electron chi connectivity index (χ3n) is 4.12. The van der Waals surface area contributed by atoms with Crippen LogP contribution in [0.25, 0.3) is 11.0 Å². The summed E-state index contributed by atoms with van der Waals surface area (Å²) in [5.41, 5.74) is 1.25. The van der Waals surface area contributed by atoms with Crippen LogP contribution in [0.3, 0.4) is 0 Å². The first-order valence-electron chi connectivity index (χ1n) is 6.93. The van der Waals surface area contributed by atoms with Gasteiger partial charge in [0.2, 0.25) is 0 Å². The quantitative estimate of drug-likeness (QED) is 0.845. The second-order valence-electron chi connectivity index (χ2n) is 5.44. The Kier molecular flexibility index (Phi) is 3.05. The van der Waals surface area contributed by atoms with Crippen molar-refractivity contribution in [2.24, 2.45) is 0 Å². The van der Waals surface area contributed by atoms with E-state index in [1.807, 2.05) is 6.92 Å². The molecule has 100 valence electrons. The fourth-order valence-electron chi connectivity index (χ4n) is 3.05. The highest BCUT2D eigenvalue weighted by Gasteiger charge is 2.22. The van der Waals surface area contributed by atoms with Crippen molar-refractivity contribution < 1.29 is 9.52 Å². The summed E-state index contributed by atoms with van der Waals surface area (Å²) in [4.78, 5) is 12.4. The van der Waals surface area contributed by atoms with Crippen LogP contribution in [0.5, 0.6) is 5.75 Å². The van der Waals surface area contributed by atoms with Crippen molar-refractivity contribution in [1.29, 1.82) is 0 Å². The molecule has 3 nitrogen and oxygen atoms in total. The second-order valence-corrected chi connectivity index (χ2v) is 5.44.